The lowest BCUT2D eigenvalue weighted by atomic mass is 9.55. The zero-order chi connectivity index (χ0) is 25.0. The Bertz CT molecular complexity index is 1270. The van der Waals surface area contributed by atoms with Crippen molar-refractivity contribution in [3.63, 3.8) is 0 Å². The summed E-state index contributed by atoms with van der Waals surface area (Å²) in [4.78, 5) is 43.0. The van der Waals surface area contributed by atoms with Crippen LogP contribution in [0.2, 0.25) is 5.02 Å². The molecule has 0 spiro atoms. The fraction of sp³-hybridized carbons (Fsp3) is 0.300. The molecular weight excluding hydrogens is 472 g/mol. The molecule has 182 valence electrons. The summed E-state index contributed by atoms with van der Waals surface area (Å²) in [7, 11) is 0. The van der Waals surface area contributed by atoms with E-state index in [2.05, 4.69) is 29.6 Å². The maximum atomic E-state index is 14.1. The van der Waals surface area contributed by atoms with E-state index in [0.717, 1.165) is 35.1 Å². The minimum absolute atomic E-state index is 0.188. The number of nitrogens with one attached hydrogen (secondary N) is 1. The zero-order valence-corrected chi connectivity index (χ0v) is 20.7. The number of imide groups is 1. The number of para-hydroxylation sites is 1. The SMILES string of the molecule is CCCC[C@@H](C(=O)Nc1ccccc1Cl)N1C(=O)[C@H]2C3c4ccccc4C(c4ccccc43)[C@@H]2C1=O. The molecule has 5 nitrogen and oxygen atoms in total. The largest absolute Gasteiger partial charge is 0.323 e. The molecule has 1 heterocycles. The van der Waals surface area contributed by atoms with Crippen LogP contribution in [0.3, 0.4) is 0 Å². The number of likely N-dealkylation sites (tertiary alicyclic amines) is 1. The van der Waals surface area contributed by atoms with Crippen molar-refractivity contribution >= 4 is 35.0 Å². The predicted octanol–water partition coefficient (Wildman–Crippen LogP) is 5.73. The van der Waals surface area contributed by atoms with Gasteiger partial charge >= 0.3 is 0 Å². The summed E-state index contributed by atoms with van der Waals surface area (Å²) < 4.78 is 0. The summed E-state index contributed by atoms with van der Waals surface area (Å²) in [6.07, 6.45) is 1.99. The molecule has 1 aliphatic heterocycles. The topological polar surface area (TPSA) is 66.5 Å². The normalized spacial score (nSPS) is 24.2. The highest BCUT2D eigenvalue weighted by molar-refractivity contribution is 6.33. The summed E-state index contributed by atoms with van der Waals surface area (Å²) in [6.45, 7) is 2.03. The van der Waals surface area contributed by atoms with Crippen LogP contribution >= 0.6 is 11.6 Å². The molecule has 6 heteroatoms. The third-order valence-electron chi connectivity index (χ3n) is 8.06. The van der Waals surface area contributed by atoms with Gasteiger partial charge in [-0.05, 0) is 40.8 Å². The molecule has 0 aromatic heterocycles. The van der Waals surface area contributed by atoms with Crippen LogP contribution in [0.1, 0.15) is 60.3 Å². The Morgan fingerprint density at radius 1 is 0.833 bits per heavy atom. The number of unbranched alkanes of at least 4 members (excludes halogenated alkanes) is 1. The Morgan fingerprint density at radius 3 is 1.78 bits per heavy atom. The van der Waals surface area contributed by atoms with Gasteiger partial charge in [0, 0.05) is 11.8 Å². The molecule has 2 bridgehead atoms. The predicted molar refractivity (Wildman–Crippen MR) is 139 cm³/mol. The van der Waals surface area contributed by atoms with Gasteiger partial charge in [0.2, 0.25) is 17.7 Å². The minimum atomic E-state index is -0.877. The molecule has 3 amide bonds. The first-order valence-corrected chi connectivity index (χ1v) is 13.0. The van der Waals surface area contributed by atoms with Gasteiger partial charge in [-0.3, -0.25) is 19.3 Å². The van der Waals surface area contributed by atoms with Crippen molar-refractivity contribution in [1.29, 1.82) is 0 Å². The molecule has 36 heavy (non-hydrogen) atoms. The molecular formula is C30H27ClN2O3. The van der Waals surface area contributed by atoms with Gasteiger partial charge in [0.15, 0.2) is 0 Å². The average Bonchev–Trinajstić information content (AvgIpc) is 3.16. The molecule has 0 saturated carbocycles. The zero-order valence-electron chi connectivity index (χ0n) is 20.0. The van der Waals surface area contributed by atoms with Crippen LogP contribution < -0.4 is 5.32 Å². The summed E-state index contributed by atoms with van der Waals surface area (Å²) in [6, 6.07) is 22.4. The third-order valence-corrected chi connectivity index (χ3v) is 8.39. The summed E-state index contributed by atoms with van der Waals surface area (Å²) in [5.74, 6) is -2.22. The van der Waals surface area contributed by atoms with E-state index in [-0.39, 0.29) is 29.6 Å². The van der Waals surface area contributed by atoms with Crippen molar-refractivity contribution in [2.45, 2.75) is 44.1 Å². The molecule has 1 N–H and O–H groups in total. The van der Waals surface area contributed by atoms with E-state index in [0.29, 0.717) is 17.1 Å². The highest BCUT2D eigenvalue weighted by atomic mass is 35.5. The summed E-state index contributed by atoms with van der Waals surface area (Å²) >= 11 is 6.28. The average molecular weight is 499 g/mol. The first-order valence-electron chi connectivity index (χ1n) is 12.6. The molecule has 4 aliphatic rings. The smallest absolute Gasteiger partial charge is 0.247 e. The Labute approximate surface area is 215 Å². The van der Waals surface area contributed by atoms with Gasteiger partial charge in [-0.15, -0.1) is 0 Å². The van der Waals surface area contributed by atoms with Gasteiger partial charge in [-0.25, -0.2) is 0 Å². The van der Waals surface area contributed by atoms with E-state index in [9.17, 15) is 14.4 Å². The van der Waals surface area contributed by atoms with Gasteiger partial charge in [-0.1, -0.05) is 92.0 Å². The van der Waals surface area contributed by atoms with E-state index < -0.39 is 17.9 Å². The van der Waals surface area contributed by atoms with Gasteiger partial charge in [-0.2, -0.15) is 0 Å². The van der Waals surface area contributed by atoms with Crippen molar-refractivity contribution in [2.75, 3.05) is 5.32 Å². The lowest BCUT2D eigenvalue weighted by Gasteiger charge is -2.45. The maximum absolute atomic E-state index is 14.1. The molecule has 3 aromatic rings. The molecule has 1 fully saturated rings. The van der Waals surface area contributed by atoms with Crippen LogP contribution in [-0.4, -0.2) is 28.7 Å². The molecule has 7 rings (SSSR count). The van der Waals surface area contributed by atoms with E-state index >= 15 is 0 Å². The van der Waals surface area contributed by atoms with E-state index in [1.807, 2.05) is 31.2 Å². The van der Waals surface area contributed by atoms with Crippen molar-refractivity contribution in [3.05, 3.63) is 100 Å². The summed E-state index contributed by atoms with van der Waals surface area (Å²) in [5, 5.41) is 3.29. The fourth-order valence-corrected chi connectivity index (χ4v) is 6.74. The van der Waals surface area contributed by atoms with Crippen LogP contribution in [0.25, 0.3) is 0 Å². The first-order chi connectivity index (χ1) is 17.5. The Hall–Kier alpha value is -3.44. The number of halogens is 1. The van der Waals surface area contributed by atoms with Crippen molar-refractivity contribution in [2.24, 2.45) is 11.8 Å². The molecule has 0 unspecified atom stereocenters. The van der Waals surface area contributed by atoms with Gasteiger partial charge in [0.1, 0.15) is 6.04 Å². The second kappa shape index (κ2) is 8.90. The van der Waals surface area contributed by atoms with Gasteiger partial charge in [0.05, 0.1) is 22.5 Å². The maximum Gasteiger partial charge on any atom is 0.247 e. The molecule has 1 saturated heterocycles. The lowest BCUT2D eigenvalue weighted by Crippen LogP contribution is -2.48. The van der Waals surface area contributed by atoms with E-state index in [1.54, 1.807) is 24.3 Å². The molecule has 3 aliphatic carbocycles. The quantitative estimate of drug-likeness (QED) is 0.441. The van der Waals surface area contributed by atoms with Crippen LogP contribution in [0.4, 0.5) is 5.69 Å². The monoisotopic (exact) mass is 498 g/mol. The van der Waals surface area contributed by atoms with E-state index in [1.165, 1.54) is 4.90 Å². The molecule has 3 aromatic carbocycles. The Balaban J connectivity index is 1.41. The van der Waals surface area contributed by atoms with E-state index in [4.69, 9.17) is 11.6 Å². The first kappa shape index (κ1) is 23.0. The van der Waals surface area contributed by atoms with Crippen molar-refractivity contribution in [3.8, 4) is 0 Å². The number of hydrogen-bond donors (Lipinski definition) is 1. The number of anilines is 1. The lowest BCUT2D eigenvalue weighted by molar-refractivity contribution is -0.147. The number of carbonyl (C=O) groups excluding carboxylic acids is 3. The highest BCUT2D eigenvalue weighted by Gasteiger charge is 2.62. The number of rotatable bonds is 6. The number of nitrogens with zero attached hydrogens (tertiary/aromatic N) is 1. The Morgan fingerprint density at radius 2 is 1.31 bits per heavy atom. The van der Waals surface area contributed by atoms with Crippen molar-refractivity contribution < 1.29 is 14.4 Å². The standard InChI is InChI=1S/C30H27ClN2O3/c1-2-3-16-23(28(34)32-22-15-9-8-14-21(22)31)33-29(35)26-24-17-10-4-5-11-18(17)25(27(26)30(33)36)20-13-7-6-12-19(20)24/h4-15,23-27H,2-3,16H2,1H3,(H,32,34)/t23-,24?,25?,26-,27-/m0/s1. The van der Waals surface area contributed by atoms with Crippen molar-refractivity contribution in [1.82, 2.24) is 4.90 Å². The third kappa shape index (κ3) is 3.33. The van der Waals surface area contributed by atoms with Gasteiger partial charge < -0.3 is 5.32 Å². The Kier molecular flexibility index (Phi) is 5.68. The number of amides is 3. The second-order valence-electron chi connectivity index (χ2n) is 9.94. The van der Waals surface area contributed by atoms with Crippen LogP contribution in [0.5, 0.6) is 0 Å². The number of benzene rings is 3. The summed E-state index contributed by atoms with van der Waals surface area (Å²) in [5.41, 5.74) is 4.96. The second-order valence-corrected chi connectivity index (χ2v) is 10.3. The van der Waals surface area contributed by atoms with Crippen LogP contribution in [0.15, 0.2) is 72.8 Å². The van der Waals surface area contributed by atoms with Gasteiger partial charge in [0.25, 0.3) is 0 Å². The number of hydrogen-bond acceptors (Lipinski definition) is 3. The minimum Gasteiger partial charge on any atom is -0.323 e. The fourth-order valence-electron chi connectivity index (χ4n) is 6.56. The van der Waals surface area contributed by atoms with Crippen LogP contribution in [0, 0.1) is 11.8 Å². The van der Waals surface area contributed by atoms with Crippen LogP contribution in [-0.2, 0) is 14.4 Å². The number of carbonyl (C=O) groups is 3. The molecule has 3 atom stereocenters. The molecule has 0 radical (unpaired) electrons. The highest BCUT2D eigenvalue weighted by Crippen LogP contribution is 2.61.